The van der Waals surface area contributed by atoms with Crippen LogP contribution in [0.3, 0.4) is 0 Å². The molecule has 0 aliphatic carbocycles. The number of benzene rings is 1. The van der Waals surface area contributed by atoms with Crippen LogP contribution in [0.2, 0.25) is 0 Å². The Kier molecular flexibility index (Phi) is 5.45. The SMILES string of the molecule is CCOC(=O)c1nc2c(s1)C(C)(O)COc1cc(F)c(C#C[C@]3(O)CCN(C)C3=O)cc1-2. The minimum atomic E-state index is -1.88. The molecule has 10 heteroatoms. The van der Waals surface area contributed by atoms with Crippen molar-refractivity contribution in [1.29, 1.82) is 0 Å². The molecule has 2 aromatic rings. The Balaban J connectivity index is 1.82. The molecule has 1 aromatic carbocycles. The summed E-state index contributed by atoms with van der Waals surface area (Å²) in [6, 6.07) is 2.49. The summed E-state index contributed by atoms with van der Waals surface area (Å²) in [5.41, 5.74) is -2.85. The van der Waals surface area contributed by atoms with Crippen molar-refractivity contribution in [3.8, 4) is 28.8 Å². The second kappa shape index (κ2) is 7.85. The molecule has 3 heterocycles. The first-order valence-electron chi connectivity index (χ1n) is 9.94. The van der Waals surface area contributed by atoms with Crippen LogP contribution >= 0.6 is 11.3 Å². The molecule has 4 rings (SSSR count). The van der Waals surface area contributed by atoms with Gasteiger partial charge >= 0.3 is 5.97 Å². The fourth-order valence-electron chi connectivity index (χ4n) is 3.53. The second-order valence-electron chi connectivity index (χ2n) is 7.89. The zero-order valence-electron chi connectivity index (χ0n) is 17.7. The van der Waals surface area contributed by atoms with Crippen molar-refractivity contribution in [2.24, 2.45) is 0 Å². The van der Waals surface area contributed by atoms with Gasteiger partial charge in [-0.3, -0.25) is 4.79 Å². The number of likely N-dealkylation sites (tertiary alicyclic amines) is 1. The van der Waals surface area contributed by atoms with E-state index in [4.69, 9.17) is 9.47 Å². The number of nitrogens with zero attached hydrogens (tertiary/aromatic N) is 2. The normalized spacial score (nSPS) is 24.1. The number of thiazole rings is 1. The highest BCUT2D eigenvalue weighted by atomic mass is 32.1. The lowest BCUT2D eigenvalue weighted by Gasteiger charge is -2.19. The van der Waals surface area contributed by atoms with Gasteiger partial charge in [-0.25, -0.2) is 14.2 Å². The first-order valence-corrected chi connectivity index (χ1v) is 10.8. The van der Waals surface area contributed by atoms with E-state index in [0.717, 1.165) is 17.4 Å². The van der Waals surface area contributed by atoms with Crippen molar-refractivity contribution < 1.29 is 33.7 Å². The standard InChI is InChI=1S/C22H21FN2O6S/c1-4-30-19(26)18-24-16-13-9-12(5-6-22(29)7-8-25(3)20(22)27)14(23)10-15(13)31-11-21(2,28)17(16)32-18/h9-10,28-29H,4,7-8,11H2,1-3H3/t21?,22-/m0/s1. The number of ether oxygens (including phenoxy) is 2. The Bertz CT molecular complexity index is 1180. The van der Waals surface area contributed by atoms with Gasteiger partial charge in [0.15, 0.2) is 0 Å². The van der Waals surface area contributed by atoms with Crippen LogP contribution in [0.15, 0.2) is 12.1 Å². The van der Waals surface area contributed by atoms with E-state index in [1.54, 1.807) is 14.0 Å². The Labute approximate surface area is 187 Å². The molecule has 0 spiro atoms. The van der Waals surface area contributed by atoms with E-state index >= 15 is 0 Å². The summed E-state index contributed by atoms with van der Waals surface area (Å²) >= 11 is 0.975. The van der Waals surface area contributed by atoms with Crippen molar-refractivity contribution in [2.45, 2.75) is 31.5 Å². The first-order chi connectivity index (χ1) is 15.1. The molecule has 168 valence electrons. The summed E-state index contributed by atoms with van der Waals surface area (Å²) in [6.07, 6.45) is 0.118. The van der Waals surface area contributed by atoms with Crippen molar-refractivity contribution in [3.63, 3.8) is 0 Å². The van der Waals surface area contributed by atoms with Crippen molar-refractivity contribution in [2.75, 3.05) is 26.8 Å². The van der Waals surface area contributed by atoms with Crippen LogP contribution in [0, 0.1) is 17.7 Å². The molecule has 1 unspecified atom stereocenters. The van der Waals surface area contributed by atoms with Gasteiger partial charge in [-0.15, -0.1) is 11.3 Å². The van der Waals surface area contributed by atoms with Gasteiger partial charge in [-0.05, 0) is 19.9 Å². The Morgan fingerprint density at radius 2 is 2.19 bits per heavy atom. The molecule has 1 amide bonds. The van der Waals surface area contributed by atoms with E-state index in [-0.39, 0.29) is 41.6 Å². The summed E-state index contributed by atoms with van der Waals surface area (Å²) in [7, 11) is 1.55. The molecule has 1 fully saturated rings. The number of hydrogen-bond acceptors (Lipinski definition) is 8. The average Bonchev–Trinajstić information content (AvgIpc) is 3.28. The number of carbonyl (C=O) groups is 2. The van der Waals surface area contributed by atoms with Crippen molar-refractivity contribution >= 4 is 23.2 Å². The quantitative estimate of drug-likeness (QED) is 0.518. The molecule has 0 radical (unpaired) electrons. The highest BCUT2D eigenvalue weighted by Crippen LogP contribution is 2.44. The number of carbonyl (C=O) groups excluding carboxylic acids is 2. The van der Waals surface area contributed by atoms with Gasteiger partial charge in [0.1, 0.15) is 23.8 Å². The van der Waals surface area contributed by atoms with E-state index in [1.165, 1.54) is 17.9 Å². The molecule has 2 atom stereocenters. The third kappa shape index (κ3) is 3.72. The summed E-state index contributed by atoms with van der Waals surface area (Å²) in [5, 5.41) is 21.4. The van der Waals surface area contributed by atoms with Crippen LogP contribution in [0.25, 0.3) is 11.3 Å². The highest BCUT2D eigenvalue weighted by Gasteiger charge is 2.42. The fourth-order valence-corrected chi connectivity index (χ4v) is 4.53. The number of likely N-dealkylation sites (N-methyl/N-ethyl adjacent to an activating group) is 1. The molecule has 32 heavy (non-hydrogen) atoms. The fraction of sp³-hybridized carbons (Fsp3) is 0.409. The van der Waals surface area contributed by atoms with Crippen molar-refractivity contribution in [1.82, 2.24) is 9.88 Å². The maximum absolute atomic E-state index is 14.8. The molecule has 2 aliphatic rings. The molecular formula is C22H21FN2O6S. The second-order valence-corrected chi connectivity index (χ2v) is 8.89. The van der Waals surface area contributed by atoms with Crippen LogP contribution in [0.5, 0.6) is 5.75 Å². The predicted molar refractivity (Wildman–Crippen MR) is 113 cm³/mol. The van der Waals surface area contributed by atoms with E-state index in [0.29, 0.717) is 17.0 Å². The van der Waals surface area contributed by atoms with Gasteiger partial charge in [0.25, 0.3) is 5.91 Å². The molecule has 8 nitrogen and oxygen atoms in total. The van der Waals surface area contributed by atoms with E-state index in [9.17, 15) is 24.2 Å². The van der Waals surface area contributed by atoms with Crippen LogP contribution in [0.4, 0.5) is 4.39 Å². The third-order valence-electron chi connectivity index (χ3n) is 5.31. The lowest BCUT2D eigenvalue weighted by atomic mass is 9.99. The lowest BCUT2D eigenvalue weighted by Crippen LogP contribution is -2.37. The maximum atomic E-state index is 14.8. The highest BCUT2D eigenvalue weighted by molar-refractivity contribution is 7.14. The minimum Gasteiger partial charge on any atom is -0.489 e. The summed E-state index contributed by atoms with van der Waals surface area (Å²) in [6.45, 7) is 3.52. The van der Waals surface area contributed by atoms with E-state index in [1.807, 2.05) is 0 Å². The Morgan fingerprint density at radius 1 is 1.44 bits per heavy atom. The number of rotatable bonds is 2. The first kappa shape index (κ1) is 22.2. The Hall–Kier alpha value is -3.00. The van der Waals surface area contributed by atoms with Gasteiger partial charge in [-0.2, -0.15) is 0 Å². The van der Waals surface area contributed by atoms with Crippen LogP contribution in [-0.2, 0) is 15.1 Å². The van der Waals surface area contributed by atoms with Gasteiger partial charge in [0.2, 0.25) is 10.6 Å². The molecule has 1 saturated heterocycles. The largest absolute Gasteiger partial charge is 0.489 e. The summed E-state index contributed by atoms with van der Waals surface area (Å²) < 4.78 is 25.4. The monoisotopic (exact) mass is 460 g/mol. The molecule has 1 aromatic heterocycles. The number of esters is 1. The van der Waals surface area contributed by atoms with Crippen LogP contribution in [0.1, 0.15) is 40.5 Å². The number of halogens is 1. The number of aromatic nitrogens is 1. The molecular weight excluding hydrogens is 439 g/mol. The number of fused-ring (bicyclic) bond motifs is 3. The molecule has 0 bridgehead atoms. The molecule has 2 N–H and O–H groups in total. The van der Waals surface area contributed by atoms with Gasteiger partial charge in [-0.1, -0.05) is 11.8 Å². The van der Waals surface area contributed by atoms with Crippen LogP contribution < -0.4 is 4.74 Å². The Morgan fingerprint density at radius 3 is 2.84 bits per heavy atom. The summed E-state index contributed by atoms with van der Waals surface area (Å²) in [5.74, 6) is 3.29. The number of amides is 1. The topological polar surface area (TPSA) is 109 Å². The smallest absolute Gasteiger partial charge is 0.367 e. The third-order valence-corrected chi connectivity index (χ3v) is 6.60. The maximum Gasteiger partial charge on any atom is 0.367 e. The average molecular weight is 460 g/mol. The number of aliphatic hydroxyl groups is 2. The van der Waals surface area contributed by atoms with Gasteiger partial charge < -0.3 is 24.6 Å². The van der Waals surface area contributed by atoms with Crippen molar-refractivity contribution in [3.05, 3.63) is 33.4 Å². The zero-order chi connectivity index (χ0) is 23.3. The predicted octanol–water partition coefficient (Wildman–Crippen LogP) is 1.67. The van der Waals surface area contributed by atoms with E-state index in [2.05, 4.69) is 16.8 Å². The van der Waals surface area contributed by atoms with Gasteiger partial charge in [0, 0.05) is 31.6 Å². The minimum absolute atomic E-state index is 0.0517. The molecule has 0 saturated carbocycles. The lowest BCUT2D eigenvalue weighted by molar-refractivity contribution is -0.137. The summed E-state index contributed by atoms with van der Waals surface area (Å²) in [4.78, 5) is 30.4. The molecule has 2 aliphatic heterocycles. The zero-order valence-corrected chi connectivity index (χ0v) is 18.5. The number of hydrogen-bond donors (Lipinski definition) is 2. The van der Waals surface area contributed by atoms with Crippen LogP contribution in [-0.4, -0.2) is 64.4 Å². The van der Waals surface area contributed by atoms with E-state index < -0.39 is 28.9 Å². The van der Waals surface area contributed by atoms with Gasteiger partial charge in [0.05, 0.1) is 22.7 Å².